The lowest BCUT2D eigenvalue weighted by Crippen LogP contribution is -2.41. The van der Waals surface area contributed by atoms with Gasteiger partial charge in [0.05, 0.1) is 18.7 Å². The smallest absolute Gasteiger partial charge is 0.266 e. The summed E-state index contributed by atoms with van der Waals surface area (Å²) in [4.78, 5) is 26.3. The molecule has 1 N–H and O–H groups in total. The molecule has 0 saturated carbocycles. The van der Waals surface area contributed by atoms with Gasteiger partial charge in [-0.2, -0.15) is 0 Å². The normalized spacial score (nSPS) is 15.2. The molecule has 2 heterocycles. The summed E-state index contributed by atoms with van der Waals surface area (Å²) < 4.78 is 11.5. The van der Waals surface area contributed by atoms with Crippen molar-refractivity contribution in [2.24, 2.45) is 0 Å². The number of fused-ring (bicyclic) bond motifs is 1. The summed E-state index contributed by atoms with van der Waals surface area (Å²) >= 11 is 5.91. The topological polar surface area (TPSA) is 71.8 Å². The molecule has 3 aromatic rings. The molecule has 1 aromatic heterocycles. The number of rotatable bonds is 5. The van der Waals surface area contributed by atoms with E-state index in [0.29, 0.717) is 28.0 Å². The molecule has 0 fully saturated rings. The van der Waals surface area contributed by atoms with E-state index in [1.807, 2.05) is 36.4 Å². The van der Waals surface area contributed by atoms with Crippen molar-refractivity contribution in [1.82, 2.24) is 4.90 Å². The fourth-order valence-electron chi connectivity index (χ4n) is 3.10. The molecule has 1 atom stereocenters. The first-order chi connectivity index (χ1) is 14.0. The number of nitrogens with zero attached hydrogens (tertiary/aromatic N) is 1. The standard InChI is InChI=1S/C22H19ClN2O4/c1-25(13-16-10-11-18(28-16)14-6-8-15(23)9-7-14)21(26)12-20-22(27)24-17-4-2-3-5-19(17)29-20/h2-11,20H,12-13H2,1H3,(H,24,27)/t20-/m0/s1. The Bertz CT molecular complexity index is 1040. The summed E-state index contributed by atoms with van der Waals surface area (Å²) in [7, 11) is 1.67. The van der Waals surface area contributed by atoms with Gasteiger partial charge in [-0.15, -0.1) is 0 Å². The zero-order valence-electron chi connectivity index (χ0n) is 15.7. The highest BCUT2D eigenvalue weighted by molar-refractivity contribution is 6.30. The van der Waals surface area contributed by atoms with Crippen molar-refractivity contribution >= 4 is 29.1 Å². The van der Waals surface area contributed by atoms with Crippen molar-refractivity contribution in [3.8, 4) is 17.1 Å². The van der Waals surface area contributed by atoms with Crippen LogP contribution in [0.25, 0.3) is 11.3 Å². The van der Waals surface area contributed by atoms with Crippen molar-refractivity contribution in [1.29, 1.82) is 0 Å². The molecule has 0 unspecified atom stereocenters. The van der Waals surface area contributed by atoms with E-state index >= 15 is 0 Å². The first kappa shape index (κ1) is 19.1. The number of ether oxygens (including phenoxy) is 1. The lowest BCUT2D eigenvalue weighted by atomic mass is 10.1. The van der Waals surface area contributed by atoms with Gasteiger partial charge in [0.15, 0.2) is 6.10 Å². The number of carbonyl (C=O) groups excluding carboxylic acids is 2. The minimum absolute atomic E-state index is 0.0541. The van der Waals surface area contributed by atoms with Crippen molar-refractivity contribution in [3.05, 3.63) is 71.4 Å². The molecule has 0 radical (unpaired) electrons. The fraction of sp³-hybridized carbons (Fsp3) is 0.182. The Morgan fingerprint density at radius 2 is 1.86 bits per heavy atom. The van der Waals surface area contributed by atoms with Crippen LogP contribution in [0.3, 0.4) is 0 Å². The maximum atomic E-state index is 12.6. The third-order valence-electron chi connectivity index (χ3n) is 4.68. The van der Waals surface area contributed by atoms with Gasteiger partial charge in [-0.1, -0.05) is 23.7 Å². The highest BCUT2D eigenvalue weighted by Gasteiger charge is 2.30. The molecule has 1 aliphatic heterocycles. The van der Waals surface area contributed by atoms with Crippen molar-refractivity contribution in [2.75, 3.05) is 12.4 Å². The van der Waals surface area contributed by atoms with Crippen LogP contribution in [0.15, 0.2) is 65.1 Å². The molecule has 0 spiro atoms. The second-order valence-electron chi connectivity index (χ2n) is 6.82. The molecule has 7 heteroatoms. The molecule has 2 aromatic carbocycles. The molecule has 0 aliphatic carbocycles. The highest BCUT2D eigenvalue weighted by atomic mass is 35.5. The second kappa shape index (κ2) is 8.01. The molecule has 2 amide bonds. The van der Waals surface area contributed by atoms with Gasteiger partial charge >= 0.3 is 0 Å². The molecule has 0 saturated heterocycles. The number of nitrogens with one attached hydrogen (secondary N) is 1. The average Bonchev–Trinajstić information content (AvgIpc) is 3.17. The lowest BCUT2D eigenvalue weighted by molar-refractivity contribution is -0.136. The van der Waals surface area contributed by atoms with Crippen LogP contribution >= 0.6 is 11.6 Å². The molecular weight excluding hydrogens is 392 g/mol. The van der Waals surface area contributed by atoms with Gasteiger partial charge in [-0.05, 0) is 48.5 Å². The number of halogens is 1. The van der Waals surface area contributed by atoms with Gasteiger partial charge in [-0.3, -0.25) is 9.59 Å². The van der Waals surface area contributed by atoms with Gasteiger partial charge < -0.3 is 19.4 Å². The van der Waals surface area contributed by atoms with E-state index in [2.05, 4.69) is 5.32 Å². The quantitative estimate of drug-likeness (QED) is 0.678. The number of furan rings is 1. The average molecular weight is 411 g/mol. The van der Waals surface area contributed by atoms with Gasteiger partial charge in [-0.25, -0.2) is 0 Å². The number of carbonyl (C=O) groups is 2. The minimum Gasteiger partial charge on any atom is -0.478 e. The number of amides is 2. The third-order valence-corrected chi connectivity index (χ3v) is 4.93. The van der Waals surface area contributed by atoms with E-state index in [0.717, 1.165) is 5.56 Å². The predicted molar refractivity (Wildman–Crippen MR) is 110 cm³/mol. The number of para-hydroxylation sites is 2. The minimum atomic E-state index is -0.860. The zero-order chi connectivity index (χ0) is 20.4. The van der Waals surface area contributed by atoms with E-state index < -0.39 is 6.10 Å². The van der Waals surface area contributed by atoms with E-state index in [1.54, 1.807) is 31.3 Å². The summed E-state index contributed by atoms with van der Waals surface area (Å²) in [5.41, 5.74) is 1.51. The van der Waals surface area contributed by atoms with E-state index in [1.165, 1.54) is 4.90 Å². The van der Waals surface area contributed by atoms with Crippen molar-refractivity contribution in [3.63, 3.8) is 0 Å². The van der Waals surface area contributed by atoms with Gasteiger partial charge in [0, 0.05) is 17.6 Å². The van der Waals surface area contributed by atoms with Crippen LogP contribution < -0.4 is 10.1 Å². The van der Waals surface area contributed by atoms with Crippen molar-refractivity contribution in [2.45, 2.75) is 19.1 Å². The zero-order valence-corrected chi connectivity index (χ0v) is 16.5. The number of anilines is 1. The van der Waals surface area contributed by atoms with Crippen LogP contribution in [0.4, 0.5) is 5.69 Å². The monoisotopic (exact) mass is 410 g/mol. The van der Waals surface area contributed by atoms with Gasteiger partial charge in [0.25, 0.3) is 5.91 Å². The highest BCUT2D eigenvalue weighted by Crippen LogP contribution is 2.30. The fourth-order valence-corrected chi connectivity index (χ4v) is 3.22. The Hall–Kier alpha value is -3.25. The molecule has 1 aliphatic rings. The van der Waals surface area contributed by atoms with Crippen LogP contribution in [0.5, 0.6) is 5.75 Å². The second-order valence-corrected chi connectivity index (χ2v) is 7.26. The van der Waals surface area contributed by atoms with Crippen LogP contribution in [0.2, 0.25) is 5.02 Å². The van der Waals surface area contributed by atoms with Crippen LogP contribution in [0.1, 0.15) is 12.2 Å². The molecule has 29 heavy (non-hydrogen) atoms. The predicted octanol–water partition coefficient (Wildman–Crippen LogP) is 4.35. The number of hydrogen-bond acceptors (Lipinski definition) is 4. The number of benzene rings is 2. The number of hydrogen-bond donors (Lipinski definition) is 1. The summed E-state index contributed by atoms with van der Waals surface area (Å²) in [6, 6.07) is 18.2. The van der Waals surface area contributed by atoms with Gasteiger partial charge in [0.2, 0.25) is 5.91 Å². The maximum Gasteiger partial charge on any atom is 0.266 e. The van der Waals surface area contributed by atoms with E-state index in [-0.39, 0.29) is 24.8 Å². The Morgan fingerprint density at radius 1 is 1.10 bits per heavy atom. The van der Waals surface area contributed by atoms with Crippen LogP contribution in [-0.2, 0) is 16.1 Å². The Kier molecular flexibility index (Phi) is 5.27. The molecular formula is C22H19ClN2O4. The molecule has 148 valence electrons. The maximum absolute atomic E-state index is 12.6. The Morgan fingerprint density at radius 3 is 2.66 bits per heavy atom. The third kappa shape index (κ3) is 4.27. The first-order valence-corrected chi connectivity index (χ1v) is 9.52. The Balaban J connectivity index is 1.38. The summed E-state index contributed by atoms with van der Waals surface area (Å²) in [5, 5.41) is 3.42. The molecule has 0 bridgehead atoms. The van der Waals surface area contributed by atoms with Gasteiger partial charge in [0.1, 0.15) is 17.3 Å². The largest absolute Gasteiger partial charge is 0.478 e. The summed E-state index contributed by atoms with van der Waals surface area (Å²) in [6.45, 7) is 0.289. The first-order valence-electron chi connectivity index (χ1n) is 9.15. The van der Waals surface area contributed by atoms with E-state index in [4.69, 9.17) is 20.8 Å². The summed E-state index contributed by atoms with van der Waals surface area (Å²) in [6.07, 6.45) is -0.914. The molecule has 4 rings (SSSR count). The van der Waals surface area contributed by atoms with Crippen molar-refractivity contribution < 1.29 is 18.7 Å². The SMILES string of the molecule is CN(Cc1ccc(-c2ccc(Cl)cc2)o1)C(=O)C[C@@H]1Oc2ccccc2NC1=O. The Labute approximate surface area is 173 Å². The molecule has 6 nitrogen and oxygen atoms in total. The van der Waals surface area contributed by atoms with Crippen LogP contribution in [-0.4, -0.2) is 29.9 Å². The van der Waals surface area contributed by atoms with Crippen LogP contribution in [0, 0.1) is 0 Å². The van der Waals surface area contributed by atoms with E-state index in [9.17, 15) is 9.59 Å². The summed E-state index contributed by atoms with van der Waals surface area (Å²) in [5.74, 6) is 1.36. The lowest BCUT2D eigenvalue weighted by Gasteiger charge is -2.26.